The van der Waals surface area contributed by atoms with Gasteiger partial charge in [-0.05, 0) is 12.1 Å². The molecule has 8 heteroatoms. The smallest absolute Gasteiger partial charge is 0.158 e. The molecule has 0 atom stereocenters. The van der Waals surface area contributed by atoms with Gasteiger partial charge in [0.25, 0.3) is 0 Å². The van der Waals surface area contributed by atoms with Crippen LogP contribution in [0.15, 0.2) is 30.9 Å². The first kappa shape index (κ1) is 15.8. The number of aryl methyl sites for hydroxylation is 1. The Hall–Kier alpha value is -2.74. The maximum Gasteiger partial charge on any atom is 0.158 e. The van der Waals surface area contributed by atoms with Crippen molar-refractivity contribution in [3.05, 3.63) is 36.7 Å². The zero-order chi connectivity index (χ0) is 17.4. The number of rotatable bonds is 3. The average Bonchev–Trinajstić information content (AvgIpc) is 3.08. The lowest BCUT2D eigenvalue weighted by atomic mass is 9.90. The fraction of sp³-hybridized carbons (Fsp3) is 0.412. The van der Waals surface area contributed by atoms with Gasteiger partial charge in [-0.25, -0.2) is 15.0 Å². The molecule has 0 spiro atoms. The van der Waals surface area contributed by atoms with Crippen molar-refractivity contribution in [3.8, 4) is 5.75 Å². The van der Waals surface area contributed by atoms with Gasteiger partial charge in [0, 0.05) is 33.0 Å². The molecule has 4 rings (SSSR count). The molecule has 8 nitrogen and oxygen atoms in total. The summed E-state index contributed by atoms with van der Waals surface area (Å²) in [6.07, 6.45) is 4.16. The van der Waals surface area contributed by atoms with Crippen LogP contribution in [0.1, 0.15) is 18.7 Å². The minimum atomic E-state index is -0.964. The van der Waals surface area contributed by atoms with Crippen LogP contribution in [0.4, 0.5) is 5.82 Å². The normalized spacial score (nSPS) is 17.0. The van der Waals surface area contributed by atoms with Crippen molar-refractivity contribution in [2.75, 3.05) is 25.1 Å². The third kappa shape index (κ3) is 2.58. The largest absolute Gasteiger partial charge is 0.496 e. The van der Waals surface area contributed by atoms with Crippen molar-refractivity contribution >= 4 is 16.7 Å². The van der Waals surface area contributed by atoms with Crippen molar-refractivity contribution in [1.82, 2.24) is 24.7 Å². The number of benzene rings is 1. The van der Waals surface area contributed by atoms with E-state index in [-0.39, 0.29) is 0 Å². The summed E-state index contributed by atoms with van der Waals surface area (Å²) in [5.41, 5.74) is -0.118. The standard InChI is InChI=1S/C17H20N6O2/c1-22-16(20-11-21-22)17(24)6-8-23(9-7-17)15-14-12(18-10-19-15)4-3-5-13(14)25-2/h3-5,10-11,24H,6-9H2,1-2H3. The van der Waals surface area contributed by atoms with Gasteiger partial charge in [-0.3, -0.25) is 4.68 Å². The third-order valence-corrected chi connectivity index (χ3v) is 4.84. The summed E-state index contributed by atoms with van der Waals surface area (Å²) in [5.74, 6) is 2.20. The molecule has 0 aliphatic carbocycles. The van der Waals surface area contributed by atoms with Crippen molar-refractivity contribution in [3.63, 3.8) is 0 Å². The van der Waals surface area contributed by atoms with Gasteiger partial charge in [0.05, 0.1) is 18.0 Å². The molecule has 1 aromatic carbocycles. The molecule has 3 heterocycles. The second-order valence-corrected chi connectivity index (χ2v) is 6.28. The van der Waals surface area contributed by atoms with Crippen LogP contribution >= 0.6 is 0 Å². The first-order valence-electron chi connectivity index (χ1n) is 8.22. The summed E-state index contributed by atoms with van der Waals surface area (Å²) >= 11 is 0. The van der Waals surface area contributed by atoms with E-state index in [4.69, 9.17) is 4.74 Å². The van der Waals surface area contributed by atoms with Crippen molar-refractivity contribution in [1.29, 1.82) is 0 Å². The van der Waals surface area contributed by atoms with Gasteiger partial charge in [-0.2, -0.15) is 5.10 Å². The molecule has 2 aromatic heterocycles. The average molecular weight is 340 g/mol. The number of piperidine rings is 1. The van der Waals surface area contributed by atoms with Crippen LogP contribution in [0.3, 0.4) is 0 Å². The zero-order valence-electron chi connectivity index (χ0n) is 14.3. The second-order valence-electron chi connectivity index (χ2n) is 6.28. The van der Waals surface area contributed by atoms with E-state index in [0.29, 0.717) is 31.8 Å². The highest BCUT2D eigenvalue weighted by Crippen LogP contribution is 2.36. The van der Waals surface area contributed by atoms with Gasteiger partial charge in [0.2, 0.25) is 0 Å². The lowest BCUT2D eigenvalue weighted by Gasteiger charge is -2.38. The molecule has 25 heavy (non-hydrogen) atoms. The van der Waals surface area contributed by atoms with Crippen LogP contribution < -0.4 is 9.64 Å². The Labute approximate surface area is 145 Å². The summed E-state index contributed by atoms with van der Waals surface area (Å²) in [6.45, 7) is 1.32. The van der Waals surface area contributed by atoms with Crippen LogP contribution in [0.25, 0.3) is 10.9 Å². The van der Waals surface area contributed by atoms with Gasteiger partial charge < -0.3 is 14.7 Å². The predicted molar refractivity (Wildman–Crippen MR) is 92.4 cm³/mol. The molecule has 1 aliphatic rings. The zero-order valence-corrected chi connectivity index (χ0v) is 14.3. The number of hydrogen-bond donors (Lipinski definition) is 1. The monoisotopic (exact) mass is 340 g/mol. The molecule has 3 aromatic rings. The molecule has 0 unspecified atom stereocenters. The van der Waals surface area contributed by atoms with Gasteiger partial charge in [0.15, 0.2) is 5.82 Å². The topological polar surface area (TPSA) is 89.2 Å². The van der Waals surface area contributed by atoms with E-state index in [0.717, 1.165) is 22.5 Å². The number of fused-ring (bicyclic) bond motifs is 1. The Morgan fingerprint density at radius 3 is 2.60 bits per heavy atom. The van der Waals surface area contributed by atoms with Gasteiger partial charge in [-0.15, -0.1) is 0 Å². The summed E-state index contributed by atoms with van der Waals surface area (Å²) < 4.78 is 7.13. The minimum Gasteiger partial charge on any atom is -0.496 e. The molecule has 0 bridgehead atoms. The molecular weight excluding hydrogens is 320 g/mol. The Morgan fingerprint density at radius 2 is 1.92 bits per heavy atom. The molecule has 1 N–H and O–H groups in total. The van der Waals surface area contributed by atoms with Gasteiger partial charge in [0.1, 0.15) is 29.8 Å². The minimum absolute atomic E-state index is 0.556. The van der Waals surface area contributed by atoms with Crippen molar-refractivity contribution in [2.24, 2.45) is 7.05 Å². The molecule has 0 saturated carbocycles. The number of anilines is 1. The van der Waals surface area contributed by atoms with E-state index in [2.05, 4.69) is 25.0 Å². The SMILES string of the molecule is COc1cccc2ncnc(N3CCC(O)(c4ncnn4C)CC3)c12. The van der Waals surface area contributed by atoms with E-state index in [1.54, 1.807) is 25.2 Å². The summed E-state index contributed by atoms with van der Waals surface area (Å²) in [6, 6.07) is 5.78. The first-order chi connectivity index (χ1) is 12.1. The molecular formula is C17H20N6O2. The van der Waals surface area contributed by atoms with Gasteiger partial charge >= 0.3 is 0 Å². The Kier molecular flexibility index (Phi) is 3.76. The first-order valence-corrected chi connectivity index (χ1v) is 8.22. The van der Waals surface area contributed by atoms with E-state index in [1.165, 1.54) is 6.33 Å². The third-order valence-electron chi connectivity index (χ3n) is 4.84. The Morgan fingerprint density at radius 1 is 1.12 bits per heavy atom. The van der Waals surface area contributed by atoms with Crippen molar-refractivity contribution in [2.45, 2.75) is 18.4 Å². The van der Waals surface area contributed by atoms with Crippen LogP contribution in [-0.2, 0) is 12.6 Å². The number of ether oxygens (including phenoxy) is 1. The van der Waals surface area contributed by atoms with E-state index >= 15 is 0 Å². The summed E-state index contributed by atoms with van der Waals surface area (Å²) in [5, 5.41) is 16.0. The van der Waals surface area contributed by atoms with Crippen molar-refractivity contribution < 1.29 is 9.84 Å². The molecule has 0 radical (unpaired) electrons. The number of nitrogens with zero attached hydrogens (tertiary/aromatic N) is 6. The molecule has 130 valence electrons. The summed E-state index contributed by atoms with van der Waals surface area (Å²) in [4.78, 5) is 15.2. The molecule has 1 saturated heterocycles. The van der Waals surface area contributed by atoms with E-state index < -0.39 is 5.60 Å². The predicted octanol–water partition coefficient (Wildman–Crippen LogP) is 1.25. The Balaban J connectivity index is 1.66. The van der Waals surface area contributed by atoms with Crippen LogP contribution in [0.2, 0.25) is 0 Å². The summed E-state index contributed by atoms with van der Waals surface area (Å²) in [7, 11) is 3.45. The lowest BCUT2D eigenvalue weighted by molar-refractivity contribution is -0.000138. The highest BCUT2D eigenvalue weighted by Gasteiger charge is 2.38. The number of hydrogen-bond acceptors (Lipinski definition) is 7. The Bertz CT molecular complexity index is 896. The number of aromatic nitrogens is 5. The fourth-order valence-electron chi connectivity index (χ4n) is 3.50. The number of methoxy groups -OCH3 is 1. The number of aliphatic hydroxyl groups is 1. The van der Waals surface area contributed by atoms with Crippen LogP contribution in [0, 0.1) is 0 Å². The molecule has 0 amide bonds. The van der Waals surface area contributed by atoms with E-state index in [1.807, 2.05) is 18.2 Å². The van der Waals surface area contributed by atoms with Gasteiger partial charge in [-0.1, -0.05) is 6.07 Å². The molecule has 1 fully saturated rings. The quantitative estimate of drug-likeness (QED) is 0.767. The van der Waals surface area contributed by atoms with E-state index in [9.17, 15) is 5.11 Å². The second kappa shape index (κ2) is 5.96. The highest BCUT2D eigenvalue weighted by molar-refractivity contribution is 5.94. The highest BCUT2D eigenvalue weighted by atomic mass is 16.5. The lowest BCUT2D eigenvalue weighted by Crippen LogP contribution is -2.44. The fourth-order valence-corrected chi connectivity index (χ4v) is 3.50. The maximum atomic E-state index is 11.0. The van der Waals surface area contributed by atoms with Crippen LogP contribution in [0.5, 0.6) is 5.75 Å². The van der Waals surface area contributed by atoms with Crippen LogP contribution in [-0.4, -0.2) is 50.0 Å². The maximum absolute atomic E-state index is 11.0. The molecule has 1 aliphatic heterocycles.